The Morgan fingerprint density at radius 3 is 2.69 bits per heavy atom. The van der Waals surface area contributed by atoms with E-state index in [1.54, 1.807) is 4.90 Å². The van der Waals surface area contributed by atoms with Crippen molar-refractivity contribution < 1.29 is 9.90 Å². The zero-order valence-corrected chi connectivity index (χ0v) is 17.7. The molecule has 0 aromatic heterocycles. The Morgan fingerprint density at radius 1 is 1.14 bits per heavy atom. The first-order chi connectivity index (χ1) is 14.1. The highest BCUT2D eigenvalue weighted by atomic mass is 32.2. The molecule has 0 aliphatic carbocycles. The van der Waals surface area contributed by atoms with Gasteiger partial charge >= 0.3 is 0 Å². The number of anilines is 1. The van der Waals surface area contributed by atoms with Crippen molar-refractivity contribution in [1.29, 1.82) is 0 Å². The average Bonchev–Trinajstić information content (AvgIpc) is 3.00. The van der Waals surface area contributed by atoms with Gasteiger partial charge in [-0.15, -0.1) is 0 Å². The van der Waals surface area contributed by atoms with Gasteiger partial charge < -0.3 is 10.0 Å². The average molecular weight is 423 g/mol. The van der Waals surface area contributed by atoms with Crippen molar-refractivity contribution in [2.45, 2.75) is 32.2 Å². The lowest BCUT2D eigenvalue weighted by atomic mass is 9.89. The minimum atomic E-state index is -0.0868. The van der Waals surface area contributed by atoms with Crippen molar-refractivity contribution >= 4 is 46.0 Å². The number of aromatic hydroxyl groups is 1. The highest BCUT2D eigenvalue weighted by molar-refractivity contribution is 8.26. The predicted octanol–water partition coefficient (Wildman–Crippen LogP) is 4.49. The van der Waals surface area contributed by atoms with Crippen LogP contribution >= 0.6 is 24.0 Å². The van der Waals surface area contributed by atoms with Crippen LogP contribution in [0.3, 0.4) is 0 Å². The SMILES string of the molecule is O=C1/C(=C\c2cc3c4c(c2O)CCCN4CCC3)SC(=S)N1Cc1ccccc1. The van der Waals surface area contributed by atoms with Gasteiger partial charge in [-0.05, 0) is 49.0 Å². The number of aryl methyl sites for hydroxylation is 1. The van der Waals surface area contributed by atoms with Gasteiger partial charge in [0.25, 0.3) is 5.91 Å². The third kappa shape index (κ3) is 3.34. The molecule has 1 fully saturated rings. The topological polar surface area (TPSA) is 43.8 Å². The molecule has 3 heterocycles. The molecule has 1 saturated heterocycles. The lowest BCUT2D eigenvalue weighted by molar-refractivity contribution is -0.122. The van der Waals surface area contributed by atoms with Gasteiger partial charge in [0, 0.05) is 29.9 Å². The summed E-state index contributed by atoms with van der Waals surface area (Å²) in [7, 11) is 0. The van der Waals surface area contributed by atoms with Crippen LogP contribution in [-0.2, 0) is 24.2 Å². The first kappa shape index (κ1) is 18.7. The molecular formula is C23H22N2O2S2. The molecule has 2 aromatic rings. The molecule has 0 radical (unpaired) electrons. The number of phenols is 1. The molecule has 3 aliphatic rings. The first-order valence-corrected chi connectivity index (χ1v) is 11.3. The lowest BCUT2D eigenvalue weighted by Gasteiger charge is -2.37. The summed E-state index contributed by atoms with van der Waals surface area (Å²) in [5.74, 6) is 0.236. The first-order valence-electron chi connectivity index (χ1n) is 10.0. The molecule has 0 saturated carbocycles. The Hall–Kier alpha value is -2.31. The van der Waals surface area contributed by atoms with Gasteiger partial charge in [-0.1, -0.05) is 54.3 Å². The molecule has 29 heavy (non-hydrogen) atoms. The number of amides is 1. The third-order valence-electron chi connectivity index (χ3n) is 5.87. The fourth-order valence-corrected chi connectivity index (χ4v) is 5.77. The number of thiocarbonyl (C=S) groups is 1. The number of thioether (sulfide) groups is 1. The Kier molecular flexibility index (Phi) is 4.84. The second kappa shape index (κ2) is 7.50. The zero-order chi connectivity index (χ0) is 20.0. The van der Waals surface area contributed by atoms with Crippen LogP contribution in [-0.4, -0.2) is 33.3 Å². The number of carbonyl (C=O) groups is 1. The second-order valence-corrected chi connectivity index (χ2v) is 9.42. The zero-order valence-electron chi connectivity index (χ0n) is 16.1. The van der Waals surface area contributed by atoms with Crippen molar-refractivity contribution in [3.8, 4) is 5.75 Å². The number of carbonyl (C=O) groups excluding carboxylic acids is 1. The van der Waals surface area contributed by atoms with Gasteiger partial charge in [0.2, 0.25) is 0 Å². The molecule has 3 aliphatic heterocycles. The minimum Gasteiger partial charge on any atom is -0.507 e. The summed E-state index contributed by atoms with van der Waals surface area (Å²) in [5, 5.41) is 11.0. The summed E-state index contributed by atoms with van der Waals surface area (Å²) < 4.78 is 0.565. The number of hydrogen-bond acceptors (Lipinski definition) is 5. The smallest absolute Gasteiger partial charge is 0.266 e. The molecule has 0 bridgehead atoms. The van der Waals surface area contributed by atoms with Crippen LogP contribution in [0, 0.1) is 0 Å². The van der Waals surface area contributed by atoms with E-state index in [4.69, 9.17) is 12.2 Å². The molecule has 0 unspecified atom stereocenters. The maximum absolute atomic E-state index is 13.0. The van der Waals surface area contributed by atoms with E-state index in [0.717, 1.165) is 55.5 Å². The van der Waals surface area contributed by atoms with E-state index < -0.39 is 0 Å². The molecule has 6 heteroatoms. The summed E-state index contributed by atoms with van der Waals surface area (Å²) in [5.41, 5.74) is 5.34. The molecule has 0 spiro atoms. The van der Waals surface area contributed by atoms with Gasteiger partial charge in [0.1, 0.15) is 10.1 Å². The van der Waals surface area contributed by atoms with E-state index >= 15 is 0 Å². The summed E-state index contributed by atoms with van der Waals surface area (Å²) >= 11 is 6.79. The van der Waals surface area contributed by atoms with Crippen molar-refractivity contribution in [3.63, 3.8) is 0 Å². The van der Waals surface area contributed by atoms with Crippen LogP contribution in [0.4, 0.5) is 5.69 Å². The van der Waals surface area contributed by atoms with Crippen molar-refractivity contribution in [3.05, 3.63) is 63.6 Å². The fraction of sp³-hybridized carbons (Fsp3) is 0.304. The molecule has 1 amide bonds. The van der Waals surface area contributed by atoms with E-state index in [2.05, 4.69) is 11.0 Å². The second-order valence-electron chi connectivity index (χ2n) is 7.75. The molecule has 148 valence electrons. The number of hydrogen-bond donors (Lipinski definition) is 1. The van der Waals surface area contributed by atoms with Crippen molar-refractivity contribution in [2.75, 3.05) is 18.0 Å². The molecule has 0 atom stereocenters. The summed E-state index contributed by atoms with van der Waals surface area (Å²) in [4.78, 5) is 17.6. The van der Waals surface area contributed by atoms with E-state index in [1.807, 2.05) is 36.4 Å². The monoisotopic (exact) mass is 422 g/mol. The molecular weight excluding hydrogens is 400 g/mol. The highest BCUT2D eigenvalue weighted by Gasteiger charge is 2.33. The Morgan fingerprint density at radius 2 is 1.90 bits per heavy atom. The van der Waals surface area contributed by atoms with Crippen LogP contribution in [0.25, 0.3) is 6.08 Å². The third-order valence-corrected chi connectivity index (χ3v) is 7.25. The van der Waals surface area contributed by atoms with Crippen molar-refractivity contribution in [2.24, 2.45) is 0 Å². The quantitative estimate of drug-likeness (QED) is 0.583. The van der Waals surface area contributed by atoms with Crippen LogP contribution in [0.1, 0.15) is 35.1 Å². The number of benzene rings is 2. The normalized spacial score (nSPS) is 19.8. The van der Waals surface area contributed by atoms with Gasteiger partial charge in [0.05, 0.1) is 11.4 Å². The van der Waals surface area contributed by atoms with Gasteiger partial charge in [0.15, 0.2) is 0 Å². The van der Waals surface area contributed by atoms with E-state index in [1.165, 1.54) is 23.0 Å². The summed E-state index contributed by atoms with van der Waals surface area (Å²) in [6, 6.07) is 11.9. The number of rotatable bonds is 3. The maximum Gasteiger partial charge on any atom is 0.266 e. The largest absolute Gasteiger partial charge is 0.507 e. The van der Waals surface area contributed by atoms with Crippen LogP contribution in [0.5, 0.6) is 5.75 Å². The van der Waals surface area contributed by atoms with Crippen LogP contribution in [0.2, 0.25) is 0 Å². The van der Waals surface area contributed by atoms with Crippen LogP contribution < -0.4 is 4.90 Å². The fourth-order valence-electron chi connectivity index (χ4n) is 4.52. The number of phenolic OH excluding ortho intramolecular Hbond substituents is 1. The number of nitrogens with zero attached hydrogens (tertiary/aromatic N) is 2. The Bertz CT molecular complexity index is 1030. The minimum absolute atomic E-state index is 0.0868. The van der Waals surface area contributed by atoms with Gasteiger partial charge in [-0.3, -0.25) is 9.69 Å². The maximum atomic E-state index is 13.0. The standard InChI is InChI=1S/C23H22N2O2S2/c26-21-17(12-16-8-4-10-24-11-5-9-18(21)20(16)24)13-19-22(27)25(23(28)29-19)14-15-6-2-1-3-7-15/h1-3,6-7,12-13,26H,4-5,8-11,14H2/b19-13+. The van der Waals surface area contributed by atoms with E-state index in [9.17, 15) is 9.90 Å². The summed E-state index contributed by atoms with van der Waals surface area (Å²) in [6.07, 6.45) is 5.93. The van der Waals surface area contributed by atoms with E-state index in [0.29, 0.717) is 21.5 Å². The highest BCUT2D eigenvalue weighted by Crippen LogP contribution is 2.43. The molecule has 2 aromatic carbocycles. The van der Waals surface area contributed by atoms with Crippen LogP contribution in [0.15, 0.2) is 41.3 Å². The van der Waals surface area contributed by atoms with Crippen molar-refractivity contribution in [1.82, 2.24) is 4.90 Å². The molecule has 1 N–H and O–H groups in total. The summed E-state index contributed by atoms with van der Waals surface area (Å²) in [6.45, 7) is 2.60. The lowest BCUT2D eigenvalue weighted by Crippen LogP contribution is -2.34. The Labute approximate surface area is 180 Å². The molecule has 4 nitrogen and oxygen atoms in total. The Balaban J connectivity index is 1.48. The molecule has 5 rings (SSSR count). The van der Waals surface area contributed by atoms with Gasteiger partial charge in [-0.2, -0.15) is 0 Å². The van der Waals surface area contributed by atoms with E-state index in [-0.39, 0.29) is 5.91 Å². The predicted molar refractivity (Wildman–Crippen MR) is 122 cm³/mol. The van der Waals surface area contributed by atoms with Gasteiger partial charge in [-0.25, -0.2) is 0 Å².